The first-order valence-electron chi connectivity index (χ1n) is 6.07. The van der Waals surface area contributed by atoms with Crippen LogP contribution >= 0.6 is 0 Å². The Kier molecular flexibility index (Phi) is 3.55. The number of nitriles is 1. The summed E-state index contributed by atoms with van der Waals surface area (Å²) in [5.41, 5.74) is 0.218. The zero-order chi connectivity index (χ0) is 13.9. The van der Waals surface area contributed by atoms with Gasteiger partial charge in [0.15, 0.2) is 11.5 Å². The van der Waals surface area contributed by atoms with Crippen LogP contribution in [0.15, 0.2) is 17.1 Å². The fourth-order valence-electron chi connectivity index (χ4n) is 2.63. The molecular weight excluding hydrogens is 244 g/mol. The molecule has 0 unspecified atom stereocenters. The summed E-state index contributed by atoms with van der Waals surface area (Å²) in [4.78, 5) is 14.6. The Bertz CT molecular complexity index is 577. The number of methoxy groups -OCH3 is 1. The summed E-state index contributed by atoms with van der Waals surface area (Å²) >= 11 is 0. The van der Waals surface area contributed by atoms with Crippen molar-refractivity contribution in [3.63, 3.8) is 0 Å². The van der Waals surface area contributed by atoms with Crippen LogP contribution in [0, 0.1) is 11.3 Å². The van der Waals surface area contributed by atoms with Crippen molar-refractivity contribution >= 4 is 6.08 Å². The molecule has 0 atom stereocenters. The first-order chi connectivity index (χ1) is 9.16. The molecule has 1 aromatic carbocycles. The van der Waals surface area contributed by atoms with Crippen LogP contribution in [0.5, 0.6) is 11.5 Å². The SMILES string of the molecule is COc1cc(C2(N=C=O)CCCC2)cc(C#N)c1O. The van der Waals surface area contributed by atoms with Gasteiger partial charge < -0.3 is 9.84 Å². The molecule has 0 aromatic heterocycles. The van der Waals surface area contributed by atoms with Crippen LogP contribution in [0.4, 0.5) is 0 Å². The maximum Gasteiger partial charge on any atom is 0.235 e. The lowest BCUT2D eigenvalue weighted by molar-refractivity contribution is 0.369. The summed E-state index contributed by atoms with van der Waals surface area (Å²) in [5.74, 6) is 0.0402. The van der Waals surface area contributed by atoms with Crippen LogP contribution in [0.3, 0.4) is 0 Å². The van der Waals surface area contributed by atoms with E-state index in [0.29, 0.717) is 0 Å². The summed E-state index contributed by atoms with van der Waals surface area (Å²) < 4.78 is 5.07. The van der Waals surface area contributed by atoms with Crippen LogP contribution in [-0.2, 0) is 10.3 Å². The molecule has 1 N–H and O–H groups in total. The number of benzene rings is 1. The van der Waals surface area contributed by atoms with Gasteiger partial charge in [0.05, 0.1) is 18.2 Å². The van der Waals surface area contributed by atoms with E-state index >= 15 is 0 Å². The highest BCUT2D eigenvalue weighted by atomic mass is 16.5. The Labute approximate surface area is 111 Å². The lowest BCUT2D eigenvalue weighted by Gasteiger charge is -2.23. The largest absolute Gasteiger partial charge is 0.503 e. The Morgan fingerprint density at radius 3 is 2.63 bits per heavy atom. The van der Waals surface area contributed by atoms with Crippen molar-refractivity contribution in [3.8, 4) is 17.6 Å². The van der Waals surface area contributed by atoms with Gasteiger partial charge in [-0.05, 0) is 30.5 Å². The molecule has 5 nitrogen and oxygen atoms in total. The van der Waals surface area contributed by atoms with E-state index in [2.05, 4.69) is 4.99 Å². The highest BCUT2D eigenvalue weighted by Crippen LogP contribution is 2.45. The zero-order valence-corrected chi connectivity index (χ0v) is 10.6. The van der Waals surface area contributed by atoms with Gasteiger partial charge in [-0.2, -0.15) is 10.3 Å². The van der Waals surface area contributed by atoms with Crippen LogP contribution in [-0.4, -0.2) is 18.3 Å². The van der Waals surface area contributed by atoms with E-state index in [9.17, 15) is 9.90 Å². The summed E-state index contributed by atoms with van der Waals surface area (Å²) in [6, 6.07) is 5.14. The number of nitrogens with zero attached hydrogens (tertiary/aromatic N) is 2. The maximum absolute atomic E-state index is 10.7. The average Bonchev–Trinajstić information content (AvgIpc) is 2.89. The topological polar surface area (TPSA) is 82.7 Å². The average molecular weight is 258 g/mol. The second-order valence-corrected chi connectivity index (χ2v) is 4.63. The quantitative estimate of drug-likeness (QED) is 0.666. The fraction of sp³-hybridized carbons (Fsp3) is 0.429. The lowest BCUT2D eigenvalue weighted by atomic mass is 9.87. The Hall–Kier alpha value is -2.31. The van der Waals surface area contributed by atoms with E-state index in [1.54, 1.807) is 18.2 Å². The minimum absolute atomic E-state index is 0.127. The molecule has 0 radical (unpaired) electrons. The van der Waals surface area contributed by atoms with Gasteiger partial charge in [-0.1, -0.05) is 12.8 Å². The Balaban J connectivity index is 2.61. The maximum atomic E-state index is 10.7. The van der Waals surface area contributed by atoms with Crippen molar-refractivity contribution in [1.29, 1.82) is 5.26 Å². The molecule has 0 bridgehead atoms. The normalized spacial score (nSPS) is 16.4. The molecule has 1 aliphatic carbocycles. The number of phenols is 1. The predicted octanol–water partition coefficient (Wildman–Crippen LogP) is 2.38. The molecule has 0 heterocycles. The zero-order valence-electron chi connectivity index (χ0n) is 10.6. The van der Waals surface area contributed by atoms with E-state index < -0.39 is 5.54 Å². The van der Waals surface area contributed by atoms with Crippen LogP contribution in [0.25, 0.3) is 0 Å². The molecule has 5 heteroatoms. The first-order valence-corrected chi connectivity index (χ1v) is 6.07. The molecular formula is C14H14N2O3. The van der Waals surface area contributed by atoms with E-state index in [1.165, 1.54) is 7.11 Å². The van der Waals surface area contributed by atoms with Crippen molar-refractivity contribution in [2.75, 3.05) is 7.11 Å². The lowest BCUT2D eigenvalue weighted by Crippen LogP contribution is -2.19. The summed E-state index contributed by atoms with van der Waals surface area (Å²) in [5, 5.41) is 18.9. The predicted molar refractivity (Wildman–Crippen MR) is 67.6 cm³/mol. The Morgan fingerprint density at radius 1 is 1.42 bits per heavy atom. The molecule has 0 spiro atoms. The van der Waals surface area contributed by atoms with Crippen LogP contribution < -0.4 is 4.74 Å². The summed E-state index contributed by atoms with van der Waals surface area (Å²) in [6.07, 6.45) is 5.04. The number of aromatic hydroxyl groups is 1. The van der Waals surface area contributed by atoms with Crippen molar-refractivity contribution in [1.82, 2.24) is 0 Å². The van der Waals surface area contributed by atoms with E-state index in [1.807, 2.05) is 6.07 Å². The second-order valence-electron chi connectivity index (χ2n) is 4.63. The number of hydrogen-bond acceptors (Lipinski definition) is 5. The van der Waals surface area contributed by atoms with Gasteiger partial charge in [-0.25, -0.2) is 4.79 Å². The summed E-state index contributed by atoms with van der Waals surface area (Å²) in [7, 11) is 1.42. The number of carbonyl (C=O) groups excluding carboxylic acids is 1. The van der Waals surface area contributed by atoms with Crippen molar-refractivity contribution in [3.05, 3.63) is 23.3 Å². The molecule has 2 rings (SSSR count). The fourth-order valence-corrected chi connectivity index (χ4v) is 2.63. The van der Waals surface area contributed by atoms with Crippen molar-refractivity contribution < 1.29 is 14.6 Å². The molecule has 0 saturated heterocycles. The van der Waals surface area contributed by atoms with Gasteiger partial charge >= 0.3 is 0 Å². The monoisotopic (exact) mass is 258 g/mol. The van der Waals surface area contributed by atoms with Gasteiger partial charge in [0.2, 0.25) is 6.08 Å². The van der Waals surface area contributed by atoms with Gasteiger partial charge in [-0.3, -0.25) is 0 Å². The van der Waals surface area contributed by atoms with E-state index in [-0.39, 0.29) is 17.1 Å². The van der Waals surface area contributed by atoms with Crippen LogP contribution in [0.2, 0.25) is 0 Å². The van der Waals surface area contributed by atoms with Crippen molar-refractivity contribution in [2.45, 2.75) is 31.2 Å². The minimum atomic E-state index is -0.631. The summed E-state index contributed by atoms with van der Waals surface area (Å²) in [6.45, 7) is 0. The number of ether oxygens (including phenoxy) is 1. The molecule has 0 amide bonds. The molecule has 98 valence electrons. The highest BCUT2D eigenvalue weighted by molar-refractivity contribution is 5.56. The molecule has 1 aliphatic rings. The first kappa shape index (κ1) is 13.1. The number of hydrogen-bond donors (Lipinski definition) is 1. The highest BCUT2D eigenvalue weighted by Gasteiger charge is 2.36. The third-order valence-electron chi connectivity index (χ3n) is 3.64. The van der Waals surface area contributed by atoms with Crippen LogP contribution in [0.1, 0.15) is 36.8 Å². The van der Waals surface area contributed by atoms with Gasteiger partial charge in [0, 0.05) is 0 Å². The molecule has 0 aliphatic heterocycles. The third-order valence-corrected chi connectivity index (χ3v) is 3.64. The van der Waals surface area contributed by atoms with Gasteiger partial charge in [-0.15, -0.1) is 0 Å². The third kappa shape index (κ3) is 2.18. The molecule has 1 saturated carbocycles. The Morgan fingerprint density at radius 2 is 2.11 bits per heavy atom. The second kappa shape index (κ2) is 5.13. The van der Waals surface area contributed by atoms with E-state index in [4.69, 9.17) is 10.00 Å². The van der Waals surface area contributed by atoms with Gasteiger partial charge in [0.25, 0.3) is 0 Å². The molecule has 1 fully saturated rings. The molecule has 19 heavy (non-hydrogen) atoms. The number of aliphatic imine (C=N–C) groups is 1. The number of rotatable bonds is 3. The number of isocyanates is 1. The van der Waals surface area contributed by atoms with E-state index in [0.717, 1.165) is 31.2 Å². The number of phenolic OH excluding ortho intramolecular Hbond substituents is 1. The van der Waals surface area contributed by atoms with Gasteiger partial charge in [0.1, 0.15) is 6.07 Å². The molecule has 1 aromatic rings. The smallest absolute Gasteiger partial charge is 0.235 e. The minimum Gasteiger partial charge on any atom is -0.503 e. The standard InChI is InChI=1S/C14H14N2O3/c1-19-12-7-11(6-10(8-15)13(12)18)14(16-9-17)4-2-3-5-14/h6-7,18H,2-5H2,1H3. The van der Waals surface area contributed by atoms with Crippen molar-refractivity contribution in [2.24, 2.45) is 4.99 Å².